The zero-order chi connectivity index (χ0) is 15.2. The molecule has 7 heteroatoms. The normalized spacial score (nSPS) is 13.1. The fourth-order valence-corrected chi connectivity index (χ4v) is 4.16. The van der Waals surface area contributed by atoms with Crippen molar-refractivity contribution in [3.05, 3.63) is 24.3 Å². The summed E-state index contributed by atoms with van der Waals surface area (Å²) in [6.07, 6.45) is 0.195. The van der Waals surface area contributed by atoms with Gasteiger partial charge in [-0.2, -0.15) is 5.26 Å². The van der Waals surface area contributed by atoms with Gasteiger partial charge in [0.15, 0.2) is 0 Å². The van der Waals surface area contributed by atoms with Gasteiger partial charge in [0.25, 0.3) is 0 Å². The van der Waals surface area contributed by atoms with Crippen LogP contribution in [-0.2, 0) is 10.0 Å². The van der Waals surface area contributed by atoms with Crippen LogP contribution in [-0.4, -0.2) is 37.3 Å². The monoisotopic (exact) mass is 313 g/mol. The first-order chi connectivity index (χ1) is 9.36. The van der Waals surface area contributed by atoms with Gasteiger partial charge in [0.2, 0.25) is 10.0 Å². The molecule has 2 N–H and O–H groups in total. The predicted octanol–water partition coefficient (Wildman–Crippen LogP) is 1.92. The van der Waals surface area contributed by atoms with Crippen LogP contribution in [0.2, 0.25) is 0 Å². The number of hydrogen-bond acceptors (Lipinski definition) is 5. The van der Waals surface area contributed by atoms with Crippen LogP contribution in [0, 0.1) is 11.3 Å². The number of nitrogens with two attached hydrogens (primary N) is 1. The van der Waals surface area contributed by atoms with Gasteiger partial charge in [0.05, 0.1) is 18.2 Å². The van der Waals surface area contributed by atoms with E-state index in [4.69, 9.17) is 11.0 Å². The first-order valence-corrected chi connectivity index (χ1v) is 8.77. The summed E-state index contributed by atoms with van der Waals surface area (Å²) in [5, 5.41) is 8.61. The Balaban J connectivity index is 2.51. The third-order valence-corrected chi connectivity index (χ3v) is 6.17. The Hall–Kier alpha value is -1.23. The van der Waals surface area contributed by atoms with Crippen LogP contribution >= 0.6 is 11.8 Å². The third-order valence-electron chi connectivity index (χ3n) is 2.94. The predicted molar refractivity (Wildman–Crippen MR) is 82.8 cm³/mol. The summed E-state index contributed by atoms with van der Waals surface area (Å²) in [5.41, 5.74) is 6.28. The second kappa shape index (κ2) is 7.53. The number of hydrogen-bond donors (Lipinski definition) is 1. The smallest absolute Gasteiger partial charge is 0.214 e. The Morgan fingerprint density at radius 1 is 1.40 bits per heavy atom. The minimum Gasteiger partial charge on any atom is -0.399 e. The quantitative estimate of drug-likeness (QED) is 0.614. The number of nitrogen functional groups attached to an aromatic ring is 1. The van der Waals surface area contributed by atoms with E-state index in [-0.39, 0.29) is 18.2 Å². The number of rotatable bonds is 7. The van der Waals surface area contributed by atoms with Crippen molar-refractivity contribution in [1.82, 2.24) is 4.31 Å². The summed E-state index contributed by atoms with van der Waals surface area (Å²) in [5.74, 6) is 0.518. The lowest BCUT2D eigenvalue weighted by Crippen LogP contribution is -2.37. The highest BCUT2D eigenvalue weighted by molar-refractivity contribution is 8.00. The molecule has 0 saturated heterocycles. The van der Waals surface area contributed by atoms with Crippen LogP contribution in [0.3, 0.4) is 0 Å². The first-order valence-electron chi connectivity index (χ1n) is 6.18. The van der Waals surface area contributed by atoms with Gasteiger partial charge >= 0.3 is 0 Å². The molecule has 0 amide bonds. The molecule has 1 rings (SSSR count). The van der Waals surface area contributed by atoms with Crippen molar-refractivity contribution in [2.24, 2.45) is 0 Å². The molecule has 0 aromatic heterocycles. The summed E-state index contributed by atoms with van der Waals surface area (Å²) >= 11 is 1.47. The van der Waals surface area contributed by atoms with Crippen molar-refractivity contribution in [2.45, 2.75) is 24.3 Å². The highest BCUT2D eigenvalue weighted by Crippen LogP contribution is 2.20. The van der Waals surface area contributed by atoms with Gasteiger partial charge in [0, 0.05) is 29.4 Å². The van der Waals surface area contributed by atoms with Crippen molar-refractivity contribution in [1.29, 1.82) is 5.26 Å². The molecule has 0 saturated carbocycles. The lowest BCUT2D eigenvalue weighted by Gasteiger charge is -2.22. The number of thioether (sulfide) groups is 1. The van der Waals surface area contributed by atoms with Crippen LogP contribution in [0.4, 0.5) is 5.69 Å². The number of benzene rings is 1. The van der Waals surface area contributed by atoms with E-state index < -0.39 is 10.0 Å². The van der Waals surface area contributed by atoms with Gasteiger partial charge in [-0.3, -0.25) is 0 Å². The van der Waals surface area contributed by atoms with Crippen LogP contribution in [0.15, 0.2) is 29.2 Å². The van der Waals surface area contributed by atoms with Crippen LogP contribution < -0.4 is 5.73 Å². The topological polar surface area (TPSA) is 87.2 Å². The van der Waals surface area contributed by atoms with Gasteiger partial charge < -0.3 is 5.73 Å². The molecule has 110 valence electrons. The van der Waals surface area contributed by atoms with Crippen molar-refractivity contribution in [2.75, 3.05) is 24.3 Å². The number of nitriles is 1. The van der Waals surface area contributed by atoms with E-state index in [1.54, 1.807) is 19.1 Å². The molecule has 0 radical (unpaired) electrons. The zero-order valence-corrected chi connectivity index (χ0v) is 13.2. The Labute approximate surface area is 124 Å². The molecule has 1 aromatic carbocycles. The molecular weight excluding hydrogens is 294 g/mol. The molecular formula is C13H19N3O2S2. The van der Waals surface area contributed by atoms with Gasteiger partial charge in [-0.05, 0) is 31.2 Å². The molecule has 1 atom stereocenters. The largest absolute Gasteiger partial charge is 0.399 e. The summed E-state index contributed by atoms with van der Waals surface area (Å²) in [6, 6.07) is 9.00. The Kier molecular flexibility index (Phi) is 6.33. The summed E-state index contributed by atoms with van der Waals surface area (Å²) < 4.78 is 25.4. The molecule has 5 nitrogen and oxygen atoms in total. The molecule has 0 aliphatic heterocycles. The molecule has 20 heavy (non-hydrogen) atoms. The fraction of sp³-hybridized carbons (Fsp3) is 0.462. The van der Waals surface area contributed by atoms with E-state index in [1.807, 2.05) is 18.2 Å². The SMILES string of the molecule is CC(CC#N)N(C)S(=O)(=O)CCSc1ccc(N)cc1. The zero-order valence-electron chi connectivity index (χ0n) is 11.6. The lowest BCUT2D eigenvalue weighted by atomic mass is 10.3. The fourth-order valence-electron chi connectivity index (χ4n) is 1.51. The molecule has 0 heterocycles. The maximum absolute atomic E-state index is 12.1. The molecule has 0 spiro atoms. The van der Waals surface area contributed by atoms with E-state index in [0.29, 0.717) is 11.4 Å². The number of anilines is 1. The Morgan fingerprint density at radius 2 is 2.00 bits per heavy atom. The molecule has 0 fully saturated rings. The second-order valence-corrected chi connectivity index (χ2v) is 7.78. The van der Waals surface area contributed by atoms with Crippen molar-refractivity contribution in [3.8, 4) is 6.07 Å². The standard InChI is InChI=1S/C13H19N3O2S2/c1-11(7-8-14)16(2)20(17,18)10-9-19-13-5-3-12(15)4-6-13/h3-6,11H,7,9-10,15H2,1-2H3. The molecule has 0 bridgehead atoms. The molecule has 0 aliphatic carbocycles. The Bertz CT molecular complexity index is 564. The van der Waals surface area contributed by atoms with Crippen LogP contribution in [0.1, 0.15) is 13.3 Å². The maximum Gasteiger partial charge on any atom is 0.214 e. The Morgan fingerprint density at radius 3 is 2.55 bits per heavy atom. The van der Waals surface area contributed by atoms with E-state index in [9.17, 15) is 8.42 Å². The lowest BCUT2D eigenvalue weighted by molar-refractivity contribution is 0.394. The van der Waals surface area contributed by atoms with Gasteiger partial charge in [-0.1, -0.05) is 0 Å². The molecule has 1 unspecified atom stereocenters. The first kappa shape index (κ1) is 16.8. The molecule has 0 aliphatic rings. The average molecular weight is 313 g/mol. The third kappa shape index (κ3) is 5.04. The van der Waals surface area contributed by atoms with Crippen molar-refractivity contribution in [3.63, 3.8) is 0 Å². The maximum atomic E-state index is 12.1. The van der Waals surface area contributed by atoms with E-state index in [2.05, 4.69) is 0 Å². The summed E-state index contributed by atoms with van der Waals surface area (Å²) in [6.45, 7) is 1.73. The minimum atomic E-state index is -3.32. The van der Waals surface area contributed by atoms with Gasteiger partial charge in [-0.15, -0.1) is 11.8 Å². The van der Waals surface area contributed by atoms with E-state index in [0.717, 1.165) is 4.90 Å². The van der Waals surface area contributed by atoms with Crippen molar-refractivity contribution >= 4 is 27.5 Å². The second-order valence-electron chi connectivity index (χ2n) is 4.46. The number of sulfonamides is 1. The summed E-state index contributed by atoms with van der Waals surface area (Å²) in [4.78, 5) is 0.988. The summed E-state index contributed by atoms with van der Waals surface area (Å²) in [7, 11) is -1.80. The number of nitrogens with zero attached hydrogens (tertiary/aromatic N) is 2. The van der Waals surface area contributed by atoms with Crippen LogP contribution in [0.5, 0.6) is 0 Å². The van der Waals surface area contributed by atoms with Gasteiger partial charge in [-0.25, -0.2) is 12.7 Å². The highest BCUT2D eigenvalue weighted by atomic mass is 32.2. The van der Waals surface area contributed by atoms with E-state index in [1.165, 1.54) is 23.1 Å². The molecule has 1 aromatic rings. The average Bonchev–Trinajstić information content (AvgIpc) is 2.40. The van der Waals surface area contributed by atoms with Crippen molar-refractivity contribution < 1.29 is 8.42 Å². The highest BCUT2D eigenvalue weighted by Gasteiger charge is 2.22. The van der Waals surface area contributed by atoms with Crippen LogP contribution in [0.25, 0.3) is 0 Å². The van der Waals surface area contributed by atoms with Gasteiger partial charge in [0.1, 0.15) is 0 Å². The minimum absolute atomic E-state index is 0.0499. The van der Waals surface area contributed by atoms with E-state index >= 15 is 0 Å².